The molecule has 0 spiro atoms. The highest BCUT2D eigenvalue weighted by Crippen LogP contribution is 2.14. The van der Waals surface area contributed by atoms with E-state index in [2.05, 4.69) is 82.2 Å². The number of aromatic nitrogens is 1. The molecular weight excluding hydrogens is 296 g/mol. The van der Waals surface area contributed by atoms with E-state index in [1.165, 1.54) is 5.56 Å². The van der Waals surface area contributed by atoms with Crippen molar-refractivity contribution in [3.8, 4) is 0 Å². The summed E-state index contributed by atoms with van der Waals surface area (Å²) in [6.45, 7) is 9.70. The Bertz CT molecular complexity index is 621. The summed E-state index contributed by atoms with van der Waals surface area (Å²) in [5.74, 6) is 1.12. The molecule has 1 aliphatic heterocycles. The summed E-state index contributed by atoms with van der Waals surface area (Å²) < 4.78 is 0. The molecule has 1 aliphatic rings. The van der Waals surface area contributed by atoms with Crippen molar-refractivity contribution in [1.82, 2.24) is 14.8 Å². The smallest absolute Gasteiger partial charge is 0.128 e. The van der Waals surface area contributed by atoms with E-state index in [-0.39, 0.29) is 0 Å². The number of nitrogens with zero attached hydrogens (tertiary/aromatic N) is 4. The first-order chi connectivity index (χ1) is 11.7. The number of hydrogen-bond acceptors (Lipinski definition) is 4. The van der Waals surface area contributed by atoms with Crippen molar-refractivity contribution in [2.75, 3.05) is 51.2 Å². The van der Waals surface area contributed by atoms with Crippen LogP contribution in [0.15, 0.2) is 48.5 Å². The van der Waals surface area contributed by atoms with E-state index in [1.54, 1.807) is 0 Å². The third-order valence-electron chi connectivity index (χ3n) is 4.66. The standard InChI is InChI=1S/C20H28N4/c1-18-7-6-10-20(21-18)24-15-13-23(14-16-24)12-11-22(2)17-19-8-4-3-5-9-19/h3-10H,11-17H2,1-2H3. The molecule has 24 heavy (non-hydrogen) atoms. The van der Waals surface area contributed by atoms with Crippen molar-refractivity contribution in [3.63, 3.8) is 0 Å². The molecule has 4 nitrogen and oxygen atoms in total. The normalized spacial score (nSPS) is 15.9. The lowest BCUT2D eigenvalue weighted by Gasteiger charge is -2.36. The summed E-state index contributed by atoms with van der Waals surface area (Å²) in [7, 11) is 2.21. The number of rotatable bonds is 6. The summed E-state index contributed by atoms with van der Waals surface area (Å²) in [5.41, 5.74) is 2.48. The van der Waals surface area contributed by atoms with Crippen molar-refractivity contribution in [3.05, 3.63) is 59.8 Å². The Labute approximate surface area is 145 Å². The number of aryl methyl sites for hydroxylation is 1. The second-order valence-electron chi connectivity index (χ2n) is 6.69. The maximum absolute atomic E-state index is 4.64. The molecule has 1 aromatic carbocycles. The molecule has 0 unspecified atom stereocenters. The van der Waals surface area contributed by atoms with Crippen LogP contribution in [0.25, 0.3) is 0 Å². The van der Waals surface area contributed by atoms with Crippen LogP contribution in [0.2, 0.25) is 0 Å². The highest BCUT2D eigenvalue weighted by molar-refractivity contribution is 5.39. The summed E-state index contributed by atoms with van der Waals surface area (Å²) >= 11 is 0. The molecule has 1 saturated heterocycles. The Hall–Kier alpha value is -1.91. The van der Waals surface area contributed by atoms with Crippen molar-refractivity contribution in [1.29, 1.82) is 0 Å². The fourth-order valence-corrected chi connectivity index (χ4v) is 3.19. The minimum absolute atomic E-state index is 1.02. The molecule has 0 atom stereocenters. The maximum atomic E-state index is 4.64. The van der Waals surface area contributed by atoms with Gasteiger partial charge in [0.1, 0.15) is 5.82 Å². The monoisotopic (exact) mass is 324 g/mol. The average molecular weight is 324 g/mol. The Morgan fingerprint density at radius 1 is 0.958 bits per heavy atom. The van der Waals surface area contributed by atoms with Gasteiger partial charge in [0.2, 0.25) is 0 Å². The predicted octanol–water partition coefficient (Wildman–Crippen LogP) is 2.64. The van der Waals surface area contributed by atoms with Gasteiger partial charge < -0.3 is 9.80 Å². The molecule has 0 aliphatic carbocycles. The van der Waals surface area contributed by atoms with Crippen molar-refractivity contribution >= 4 is 5.82 Å². The van der Waals surface area contributed by atoms with Gasteiger partial charge in [0, 0.05) is 51.5 Å². The first kappa shape index (κ1) is 16.9. The van der Waals surface area contributed by atoms with E-state index >= 15 is 0 Å². The van der Waals surface area contributed by atoms with Gasteiger partial charge in [-0.05, 0) is 31.7 Å². The Morgan fingerprint density at radius 2 is 1.71 bits per heavy atom. The van der Waals surface area contributed by atoms with Crippen LogP contribution in [-0.2, 0) is 6.54 Å². The lowest BCUT2D eigenvalue weighted by atomic mass is 10.2. The number of piperazine rings is 1. The molecule has 3 rings (SSSR count). The lowest BCUT2D eigenvalue weighted by molar-refractivity contribution is 0.212. The number of anilines is 1. The summed E-state index contributed by atoms with van der Waals surface area (Å²) in [4.78, 5) is 12.0. The van der Waals surface area contributed by atoms with Gasteiger partial charge in [0.05, 0.1) is 0 Å². The molecule has 1 aromatic heterocycles. The molecular formula is C20H28N4. The Balaban J connectivity index is 1.41. The van der Waals surface area contributed by atoms with Crippen LogP contribution in [0.5, 0.6) is 0 Å². The van der Waals surface area contributed by atoms with Crippen LogP contribution in [0, 0.1) is 6.92 Å². The van der Waals surface area contributed by atoms with Crippen LogP contribution in [-0.4, -0.2) is 61.1 Å². The van der Waals surface area contributed by atoms with Gasteiger partial charge in [-0.25, -0.2) is 4.98 Å². The summed E-state index contributed by atoms with van der Waals surface area (Å²) in [6.07, 6.45) is 0. The highest BCUT2D eigenvalue weighted by atomic mass is 15.3. The molecule has 0 N–H and O–H groups in total. The maximum Gasteiger partial charge on any atom is 0.128 e. The third kappa shape index (κ3) is 4.79. The Morgan fingerprint density at radius 3 is 2.42 bits per heavy atom. The summed E-state index contributed by atoms with van der Waals surface area (Å²) in [6, 6.07) is 17.0. The average Bonchev–Trinajstić information content (AvgIpc) is 2.61. The van der Waals surface area contributed by atoms with Gasteiger partial charge >= 0.3 is 0 Å². The highest BCUT2D eigenvalue weighted by Gasteiger charge is 2.18. The predicted molar refractivity (Wildman–Crippen MR) is 100 cm³/mol. The first-order valence-electron chi connectivity index (χ1n) is 8.84. The van der Waals surface area contributed by atoms with Crippen LogP contribution >= 0.6 is 0 Å². The van der Waals surface area contributed by atoms with E-state index in [0.717, 1.165) is 57.3 Å². The minimum Gasteiger partial charge on any atom is -0.354 e. The van der Waals surface area contributed by atoms with Gasteiger partial charge in [0.15, 0.2) is 0 Å². The molecule has 0 bridgehead atoms. The van der Waals surface area contributed by atoms with E-state index in [9.17, 15) is 0 Å². The topological polar surface area (TPSA) is 22.6 Å². The molecule has 2 heterocycles. The van der Waals surface area contributed by atoms with Crippen molar-refractivity contribution in [2.45, 2.75) is 13.5 Å². The number of hydrogen-bond donors (Lipinski definition) is 0. The van der Waals surface area contributed by atoms with Crippen LogP contribution in [0.4, 0.5) is 5.82 Å². The van der Waals surface area contributed by atoms with Crippen LogP contribution in [0.1, 0.15) is 11.3 Å². The number of benzene rings is 1. The SMILES string of the molecule is Cc1cccc(N2CCN(CCN(C)Cc3ccccc3)CC2)n1. The van der Waals surface area contributed by atoms with Crippen LogP contribution in [0.3, 0.4) is 0 Å². The second kappa shape index (κ2) is 8.27. The fraction of sp³-hybridized carbons (Fsp3) is 0.450. The van der Waals surface area contributed by atoms with Gasteiger partial charge in [-0.2, -0.15) is 0 Å². The number of pyridine rings is 1. The largest absolute Gasteiger partial charge is 0.354 e. The summed E-state index contributed by atoms with van der Waals surface area (Å²) in [5, 5.41) is 0. The van der Waals surface area contributed by atoms with E-state index in [4.69, 9.17) is 0 Å². The van der Waals surface area contributed by atoms with Crippen molar-refractivity contribution in [2.24, 2.45) is 0 Å². The fourth-order valence-electron chi connectivity index (χ4n) is 3.19. The van der Waals surface area contributed by atoms with Gasteiger partial charge in [-0.15, -0.1) is 0 Å². The zero-order valence-corrected chi connectivity index (χ0v) is 14.9. The lowest BCUT2D eigenvalue weighted by Crippen LogP contribution is -2.48. The molecule has 2 aromatic rings. The molecule has 0 saturated carbocycles. The van der Waals surface area contributed by atoms with Crippen LogP contribution < -0.4 is 4.90 Å². The van der Waals surface area contributed by atoms with Crippen molar-refractivity contribution < 1.29 is 0 Å². The zero-order valence-electron chi connectivity index (χ0n) is 14.9. The Kier molecular flexibility index (Phi) is 5.83. The second-order valence-corrected chi connectivity index (χ2v) is 6.69. The van der Waals surface area contributed by atoms with E-state index < -0.39 is 0 Å². The molecule has 0 amide bonds. The van der Waals surface area contributed by atoms with Gasteiger partial charge in [0.25, 0.3) is 0 Å². The molecule has 4 heteroatoms. The zero-order chi connectivity index (χ0) is 16.8. The first-order valence-corrected chi connectivity index (χ1v) is 8.84. The molecule has 128 valence electrons. The van der Waals surface area contributed by atoms with Gasteiger partial charge in [-0.3, -0.25) is 4.90 Å². The molecule has 1 fully saturated rings. The quantitative estimate of drug-likeness (QED) is 0.815. The minimum atomic E-state index is 1.02. The van der Waals surface area contributed by atoms with Gasteiger partial charge in [-0.1, -0.05) is 36.4 Å². The van der Waals surface area contributed by atoms with E-state index in [1.807, 2.05) is 0 Å². The molecule has 0 radical (unpaired) electrons. The third-order valence-corrected chi connectivity index (χ3v) is 4.66. The van der Waals surface area contributed by atoms with E-state index in [0.29, 0.717) is 0 Å². The number of likely N-dealkylation sites (N-methyl/N-ethyl adjacent to an activating group) is 1.